The number of halogens is 1. The topological polar surface area (TPSA) is 89.3 Å². The largest absolute Gasteiger partial charge is 0.378 e. The average molecular weight is 450 g/mol. The van der Waals surface area contributed by atoms with Crippen LogP contribution in [0.25, 0.3) is 0 Å². The SMILES string of the molecule is CCn1c(SCC(=O)N2CCOCC2)nnc1[C@@H](NC(=O)c1ccccc1F)C(C)C. The first-order valence-corrected chi connectivity index (χ1v) is 11.4. The molecule has 0 saturated carbocycles. The second-order valence-electron chi connectivity index (χ2n) is 7.54. The summed E-state index contributed by atoms with van der Waals surface area (Å²) in [5, 5.41) is 12.1. The molecule has 1 aromatic carbocycles. The Morgan fingerprint density at radius 1 is 1.23 bits per heavy atom. The molecule has 0 unspecified atom stereocenters. The Bertz CT molecular complexity index is 914. The summed E-state index contributed by atoms with van der Waals surface area (Å²) in [6.07, 6.45) is 0. The van der Waals surface area contributed by atoms with Gasteiger partial charge in [0.25, 0.3) is 5.91 Å². The number of ether oxygens (including phenoxy) is 1. The van der Waals surface area contributed by atoms with E-state index in [4.69, 9.17) is 4.74 Å². The number of nitrogens with zero attached hydrogens (tertiary/aromatic N) is 4. The fraction of sp³-hybridized carbons (Fsp3) is 0.524. The monoisotopic (exact) mass is 449 g/mol. The molecular formula is C21H28FN5O3S. The van der Waals surface area contributed by atoms with Crippen LogP contribution in [-0.2, 0) is 16.1 Å². The van der Waals surface area contributed by atoms with Gasteiger partial charge < -0.3 is 19.5 Å². The number of morpholine rings is 1. The Labute approximate surface area is 185 Å². The molecule has 10 heteroatoms. The summed E-state index contributed by atoms with van der Waals surface area (Å²) in [6.45, 7) is 8.76. The number of amides is 2. The summed E-state index contributed by atoms with van der Waals surface area (Å²) < 4.78 is 21.2. The maximum Gasteiger partial charge on any atom is 0.254 e. The number of nitrogens with one attached hydrogen (secondary N) is 1. The second kappa shape index (κ2) is 10.7. The molecule has 1 aliphatic heterocycles. The first-order chi connectivity index (χ1) is 14.9. The van der Waals surface area contributed by atoms with Crippen LogP contribution in [0.1, 0.15) is 43.0 Å². The van der Waals surface area contributed by atoms with Crippen molar-refractivity contribution in [3.63, 3.8) is 0 Å². The lowest BCUT2D eigenvalue weighted by Gasteiger charge is -2.26. The molecule has 31 heavy (non-hydrogen) atoms. The summed E-state index contributed by atoms with van der Waals surface area (Å²) in [6, 6.07) is 5.42. The molecule has 1 fully saturated rings. The molecule has 1 N–H and O–H groups in total. The number of thioether (sulfide) groups is 1. The number of hydrogen-bond donors (Lipinski definition) is 1. The first kappa shape index (κ1) is 23.2. The molecule has 0 spiro atoms. The van der Waals surface area contributed by atoms with Crippen LogP contribution in [0.5, 0.6) is 0 Å². The van der Waals surface area contributed by atoms with E-state index in [1.165, 1.54) is 23.9 Å². The Balaban J connectivity index is 1.73. The minimum atomic E-state index is -0.572. The van der Waals surface area contributed by atoms with Crippen LogP contribution < -0.4 is 5.32 Å². The minimum absolute atomic E-state index is 0.00180. The molecule has 8 nitrogen and oxygen atoms in total. The van der Waals surface area contributed by atoms with Gasteiger partial charge in [0.2, 0.25) is 5.91 Å². The molecule has 1 aromatic heterocycles. The van der Waals surface area contributed by atoms with Gasteiger partial charge in [0.05, 0.1) is 30.6 Å². The summed E-state index contributed by atoms with van der Waals surface area (Å²) in [5.74, 6) is -0.196. The van der Waals surface area contributed by atoms with E-state index in [1.807, 2.05) is 25.3 Å². The van der Waals surface area contributed by atoms with E-state index in [9.17, 15) is 14.0 Å². The fourth-order valence-corrected chi connectivity index (χ4v) is 4.27. The maximum absolute atomic E-state index is 14.0. The number of aromatic nitrogens is 3. The van der Waals surface area contributed by atoms with Gasteiger partial charge in [0.1, 0.15) is 5.82 Å². The lowest BCUT2D eigenvalue weighted by Crippen LogP contribution is -2.41. The number of hydrogen-bond acceptors (Lipinski definition) is 6. The maximum atomic E-state index is 14.0. The molecule has 168 valence electrons. The van der Waals surface area contributed by atoms with E-state index in [0.717, 1.165) is 0 Å². The summed E-state index contributed by atoms with van der Waals surface area (Å²) >= 11 is 1.33. The van der Waals surface area contributed by atoms with Crippen LogP contribution in [0.2, 0.25) is 0 Å². The zero-order valence-corrected chi connectivity index (χ0v) is 18.8. The van der Waals surface area contributed by atoms with Gasteiger partial charge in [-0.2, -0.15) is 0 Å². The van der Waals surface area contributed by atoms with Gasteiger partial charge in [-0.25, -0.2) is 4.39 Å². The molecule has 1 aliphatic rings. The van der Waals surface area contributed by atoms with Crippen molar-refractivity contribution in [2.24, 2.45) is 5.92 Å². The molecule has 1 saturated heterocycles. The molecule has 0 bridgehead atoms. The van der Waals surface area contributed by atoms with Gasteiger partial charge in [-0.1, -0.05) is 37.7 Å². The number of carbonyl (C=O) groups excluding carboxylic acids is 2. The number of carbonyl (C=O) groups is 2. The van der Waals surface area contributed by atoms with Crippen molar-refractivity contribution in [3.05, 3.63) is 41.5 Å². The Hall–Kier alpha value is -2.46. The van der Waals surface area contributed by atoms with Crippen molar-refractivity contribution < 1.29 is 18.7 Å². The highest BCUT2D eigenvalue weighted by Gasteiger charge is 2.27. The zero-order chi connectivity index (χ0) is 22.4. The predicted octanol–water partition coefficient (Wildman–Crippen LogP) is 2.52. The van der Waals surface area contributed by atoms with Crippen molar-refractivity contribution >= 4 is 23.6 Å². The van der Waals surface area contributed by atoms with Crippen LogP contribution in [0.15, 0.2) is 29.4 Å². The third kappa shape index (κ3) is 5.62. The van der Waals surface area contributed by atoms with Gasteiger partial charge >= 0.3 is 0 Å². The average Bonchev–Trinajstić information content (AvgIpc) is 3.18. The Kier molecular flexibility index (Phi) is 8.03. The van der Waals surface area contributed by atoms with Crippen LogP contribution in [0.4, 0.5) is 4.39 Å². The van der Waals surface area contributed by atoms with E-state index in [1.54, 1.807) is 17.0 Å². The summed E-state index contributed by atoms with van der Waals surface area (Å²) in [7, 11) is 0. The van der Waals surface area contributed by atoms with E-state index in [-0.39, 0.29) is 23.1 Å². The molecular weight excluding hydrogens is 421 g/mol. The first-order valence-electron chi connectivity index (χ1n) is 10.4. The van der Waals surface area contributed by atoms with E-state index >= 15 is 0 Å². The standard InChI is InChI=1S/C21H28FN5O3S/c1-4-27-19(18(14(2)3)23-20(29)15-7-5-6-8-16(15)22)24-25-21(27)31-13-17(28)26-9-11-30-12-10-26/h5-8,14,18H,4,9-13H2,1-3H3,(H,23,29)/t18-/m0/s1. The number of rotatable bonds is 8. The van der Waals surface area contributed by atoms with Gasteiger partial charge in [-0.3, -0.25) is 9.59 Å². The molecule has 0 aliphatic carbocycles. The number of benzene rings is 1. The van der Waals surface area contributed by atoms with Crippen LogP contribution in [0, 0.1) is 11.7 Å². The molecule has 0 radical (unpaired) electrons. The highest BCUT2D eigenvalue weighted by Crippen LogP contribution is 2.26. The second-order valence-corrected chi connectivity index (χ2v) is 8.48. The molecule has 1 atom stereocenters. The quantitative estimate of drug-likeness (QED) is 0.623. The van der Waals surface area contributed by atoms with Gasteiger partial charge in [-0.05, 0) is 25.0 Å². The van der Waals surface area contributed by atoms with E-state index in [0.29, 0.717) is 43.8 Å². The predicted molar refractivity (Wildman–Crippen MR) is 115 cm³/mol. The third-order valence-electron chi connectivity index (χ3n) is 5.10. The molecule has 2 heterocycles. The lowest BCUT2D eigenvalue weighted by atomic mass is 10.0. The molecule has 2 aromatic rings. The normalized spacial score (nSPS) is 15.2. The van der Waals surface area contributed by atoms with Crippen molar-refractivity contribution in [3.8, 4) is 0 Å². The van der Waals surface area contributed by atoms with Crippen molar-refractivity contribution in [2.75, 3.05) is 32.1 Å². The van der Waals surface area contributed by atoms with Crippen LogP contribution >= 0.6 is 11.8 Å². The summed E-state index contributed by atoms with van der Waals surface area (Å²) in [4.78, 5) is 26.9. The minimum Gasteiger partial charge on any atom is -0.378 e. The Morgan fingerprint density at radius 3 is 2.58 bits per heavy atom. The highest BCUT2D eigenvalue weighted by atomic mass is 32.2. The van der Waals surface area contributed by atoms with Crippen molar-refractivity contribution in [1.29, 1.82) is 0 Å². The van der Waals surface area contributed by atoms with Crippen molar-refractivity contribution in [1.82, 2.24) is 25.0 Å². The lowest BCUT2D eigenvalue weighted by molar-refractivity contribution is -0.132. The molecule has 2 amide bonds. The highest BCUT2D eigenvalue weighted by molar-refractivity contribution is 7.99. The van der Waals surface area contributed by atoms with Gasteiger partial charge in [0, 0.05) is 19.6 Å². The fourth-order valence-electron chi connectivity index (χ4n) is 3.36. The van der Waals surface area contributed by atoms with Crippen LogP contribution in [0.3, 0.4) is 0 Å². The summed E-state index contributed by atoms with van der Waals surface area (Å²) in [5.41, 5.74) is -0.0126. The van der Waals surface area contributed by atoms with Gasteiger partial charge in [-0.15, -0.1) is 10.2 Å². The Morgan fingerprint density at radius 2 is 1.94 bits per heavy atom. The van der Waals surface area contributed by atoms with E-state index < -0.39 is 17.8 Å². The van der Waals surface area contributed by atoms with Gasteiger partial charge in [0.15, 0.2) is 11.0 Å². The van der Waals surface area contributed by atoms with Crippen LogP contribution in [-0.4, -0.2) is 63.5 Å². The smallest absolute Gasteiger partial charge is 0.254 e. The third-order valence-corrected chi connectivity index (χ3v) is 6.05. The van der Waals surface area contributed by atoms with Crippen molar-refractivity contribution in [2.45, 2.75) is 38.5 Å². The molecule has 3 rings (SSSR count). The zero-order valence-electron chi connectivity index (χ0n) is 18.0. The van der Waals surface area contributed by atoms with E-state index in [2.05, 4.69) is 15.5 Å².